The number of H-pyrrole nitrogens is 1. The Morgan fingerprint density at radius 3 is 2.87 bits per heavy atom. The number of amides is 1. The predicted molar refractivity (Wildman–Crippen MR) is 120 cm³/mol. The first kappa shape index (κ1) is 21.4. The van der Waals surface area contributed by atoms with E-state index in [1.807, 2.05) is 31.2 Å². The lowest BCUT2D eigenvalue weighted by molar-refractivity contribution is -0.704. The number of fused-ring (bicyclic) bond motifs is 1. The van der Waals surface area contributed by atoms with Crippen LogP contribution >= 0.6 is 23.1 Å². The van der Waals surface area contributed by atoms with Crippen LogP contribution in [-0.4, -0.2) is 16.4 Å². The molecule has 1 aliphatic carbocycles. The minimum absolute atomic E-state index is 0.260. The van der Waals surface area contributed by atoms with E-state index in [1.54, 1.807) is 6.92 Å². The lowest BCUT2D eigenvalue weighted by atomic mass is 9.89. The molecule has 0 aliphatic heterocycles. The number of thioether (sulfide) groups is 1. The van der Waals surface area contributed by atoms with Crippen molar-refractivity contribution in [1.82, 2.24) is 5.27 Å². The van der Waals surface area contributed by atoms with E-state index < -0.39 is 10.9 Å². The molecular weight excluding hydrogens is 432 g/mol. The molecule has 4 rings (SSSR count). The number of aromatic nitrogens is 2. The summed E-state index contributed by atoms with van der Waals surface area (Å²) in [5.74, 6) is 0.324. The first-order valence-electron chi connectivity index (χ1n) is 10.1. The number of carbonyl (C=O) groups excluding carboxylic acids is 1. The number of aryl methyl sites for hydroxylation is 1. The average molecular weight is 456 g/mol. The Bertz CT molecular complexity index is 1220. The maximum absolute atomic E-state index is 12.9. The Hall–Kier alpha value is -2.83. The zero-order valence-corrected chi connectivity index (χ0v) is 19.2. The summed E-state index contributed by atoms with van der Waals surface area (Å²) in [5.41, 5.74) is 2.94. The Morgan fingerprint density at radius 1 is 1.42 bits per heavy atom. The molecule has 2 aromatic heterocycles. The molecule has 1 aliphatic rings. The zero-order chi connectivity index (χ0) is 22.1. The van der Waals surface area contributed by atoms with E-state index in [0.717, 1.165) is 47.8 Å². The van der Waals surface area contributed by atoms with Gasteiger partial charge in [-0.25, -0.2) is 4.79 Å². The van der Waals surface area contributed by atoms with E-state index in [2.05, 4.69) is 23.6 Å². The van der Waals surface area contributed by atoms with Gasteiger partial charge in [0.1, 0.15) is 11.1 Å². The van der Waals surface area contributed by atoms with Gasteiger partial charge in [0.15, 0.2) is 0 Å². The summed E-state index contributed by atoms with van der Waals surface area (Å²) in [6.45, 7) is 5.91. The van der Waals surface area contributed by atoms with Crippen LogP contribution in [0, 0.1) is 24.2 Å². The second kappa shape index (κ2) is 8.73. The molecule has 2 unspecified atom stereocenters. The van der Waals surface area contributed by atoms with Gasteiger partial charge in [-0.1, -0.05) is 24.6 Å². The maximum Gasteiger partial charge on any atom is 0.442 e. The maximum atomic E-state index is 12.9. The van der Waals surface area contributed by atoms with Crippen molar-refractivity contribution in [3.63, 3.8) is 0 Å². The summed E-state index contributed by atoms with van der Waals surface area (Å²) in [4.78, 5) is 26.3. The fourth-order valence-electron chi connectivity index (χ4n) is 3.62. The van der Waals surface area contributed by atoms with Crippen molar-refractivity contribution in [1.29, 1.82) is 5.26 Å². The SMILES string of the molecule is Cc1ccc(-[n+]2[nH]oc(=O)c2SC(C)C(=O)Nc2sc3c(c2C#N)CCC(C)C3)cc1. The highest BCUT2D eigenvalue weighted by Crippen LogP contribution is 2.39. The summed E-state index contributed by atoms with van der Waals surface area (Å²) in [6, 6.07) is 9.86. The van der Waals surface area contributed by atoms with E-state index in [9.17, 15) is 14.9 Å². The number of hydrogen-bond donors (Lipinski definition) is 2. The van der Waals surface area contributed by atoms with E-state index in [4.69, 9.17) is 4.52 Å². The monoisotopic (exact) mass is 455 g/mol. The lowest BCUT2D eigenvalue weighted by Gasteiger charge is -2.17. The predicted octanol–water partition coefficient (Wildman–Crippen LogP) is 3.73. The highest BCUT2D eigenvalue weighted by atomic mass is 32.2. The summed E-state index contributed by atoms with van der Waals surface area (Å²) >= 11 is 2.61. The number of rotatable bonds is 5. The summed E-state index contributed by atoms with van der Waals surface area (Å²) in [5, 5.41) is 15.5. The Balaban J connectivity index is 1.53. The molecule has 1 aromatic carbocycles. The standard InChI is InChI=1S/C22H22N4O3S2/c1-12-4-7-15(8-5-12)26-21(22(28)29-25-26)30-14(3)19(27)24-20-17(11-23)16-9-6-13(2)10-18(16)31-20/h4-5,7-8,13-14H,6,9-10H2,1-3H3,(H-,24,25,27,28)/p+1. The minimum atomic E-state index is -0.569. The van der Waals surface area contributed by atoms with Crippen LogP contribution in [0.2, 0.25) is 0 Å². The molecule has 31 heavy (non-hydrogen) atoms. The number of thiophene rings is 1. The molecule has 0 fully saturated rings. The topological polar surface area (TPSA) is 103 Å². The largest absolute Gasteiger partial charge is 0.442 e. The molecule has 160 valence electrons. The summed E-state index contributed by atoms with van der Waals surface area (Å²) in [6.07, 6.45) is 2.87. The Labute approximate surface area is 188 Å². The highest BCUT2D eigenvalue weighted by molar-refractivity contribution is 8.00. The van der Waals surface area contributed by atoms with E-state index in [-0.39, 0.29) is 10.9 Å². The highest BCUT2D eigenvalue weighted by Gasteiger charge is 2.30. The fraction of sp³-hybridized carbons (Fsp3) is 0.364. The molecule has 2 heterocycles. The minimum Gasteiger partial charge on any atom is -0.316 e. The van der Waals surface area contributed by atoms with Crippen molar-refractivity contribution in [3.8, 4) is 11.8 Å². The smallest absolute Gasteiger partial charge is 0.316 e. The molecular formula is C22H23N4O3S2+. The number of nitriles is 1. The molecule has 0 radical (unpaired) electrons. The van der Waals surface area contributed by atoms with Crippen LogP contribution in [0.15, 0.2) is 38.6 Å². The third-order valence-corrected chi connectivity index (χ3v) is 7.73. The van der Waals surface area contributed by atoms with Gasteiger partial charge in [-0.15, -0.1) is 11.3 Å². The molecule has 3 aromatic rings. The molecule has 9 heteroatoms. The van der Waals surface area contributed by atoms with Crippen LogP contribution in [0.3, 0.4) is 0 Å². The van der Waals surface area contributed by atoms with Gasteiger partial charge in [0.2, 0.25) is 11.6 Å². The van der Waals surface area contributed by atoms with Crippen molar-refractivity contribution in [3.05, 3.63) is 56.3 Å². The molecule has 0 saturated carbocycles. The fourth-order valence-corrected chi connectivity index (χ4v) is 5.87. The van der Waals surface area contributed by atoms with Gasteiger partial charge in [0.05, 0.1) is 10.8 Å². The van der Waals surface area contributed by atoms with Crippen LogP contribution < -0.4 is 15.6 Å². The molecule has 2 N–H and O–H groups in total. The average Bonchev–Trinajstić information content (AvgIpc) is 3.27. The number of benzene rings is 1. The third kappa shape index (κ3) is 4.31. The summed E-state index contributed by atoms with van der Waals surface area (Å²) < 4.78 is 6.50. The van der Waals surface area contributed by atoms with Gasteiger partial charge in [0.25, 0.3) is 0 Å². The second-order valence-corrected chi connectivity index (χ2v) is 10.3. The Kier molecular flexibility index (Phi) is 6.03. The molecule has 0 spiro atoms. The van der Waals surface area contributed by atoms with Crippen LogP contribution in [0.5, 0.6) is 0 Å². The van der Waals surface area contributed by atoms with Crippen molar-refractivity contribution in [2.75, 3.05) is 5.32 Å². The van der Waals surface area contributed by atoms with E-state index in [1.165, 1.54) is 20.9 Å². The molecule has 2 atom stereocenters. The first-order chi connectivity index (χ1) is 14.9. The van der Waals surface area contributed by atoms with Crippen molar-refractivity contribution < 1.29 is 14.0 Å². The summed E-state index contributed by atoms with van der Waals surface area (Å²) in [7, 11) is 0. The van der Waals surface area contributed by atoms with Gasteiger partial charge >= 0.3 is 10.7 Å². The van der Waals surface area contributed by atoms with Gasteiger partial charge in [-0.3, -0.25) is 9.32 Å². The quantitative estimate of drug-likeness (QED) is 0.451. The zero-order valence-electron chi connectivity index (χ0n) is 17.5. The van der Waals surface area contributed by atoms with Crippen LogP contribution in [0.1, 0.15) is 41.8 Å². The molecule has 1 amide bonds. The van der Waals surface area contributed by atoms with Crippen molar-refractivity contribution >= 4 is 34.0 Å². The number of anilines is 1. The normalized spacial score (nSPS) is 16.4. The van der Waals surface area contributed by atoms with E-state index in [0.29, 0.717) is 16.5 Å². The number of carbonyl (C=O) groups is 1. The second-order valence-electron chi connectivity index (χ2n) is 7.87. The van der Waals surface area contributed by atoms with Gasteiger partial charge in [0, 0.05) is 17.0 Å². The lowest BCUT2D eigenvalue weighted by Crippen LogP contribution is -2.37. The van der Waals surface area contributed by atoms with Gasteiger partial charge in [-0.2, -0.15) is 5.26 Å². The van der Waals surface area contributed by atoms with Crippen LogP contribution in [-0.2, 0) is 17.6 Å². The van der Waals surface area contributed by atoms with Crippen LogP contribution in [0.25, 0.3) is 5.69 Å². The number of hydrogen-bond acceptors (Lipinski definition) is 6. The van der Waals surface area contributed by atoms with E-state index >= 15 is 0 Å². The van der Waals surface area contributed by atoms with Crippen LogP contribution in [0.4, 0.5) is 5.00 Å². The molecule has 7 nitrogen and oxygen atoms in total. The van der Waals surface area contributed by atoms with Gasteiger partial charge < -0.3 is 5.32 Å². The molecule has 0 saturated heterocycles. The number of aromatic amines is 1. The van der Waals surface area contributed by atoms with Crippen molar-refractivity contribution in [2.45, 2.75) is 50.3 Å². The van der Waals surface area contributed by atoms with Gasteiger partial charge in [-0.05, 0) is 66.3 Å². The number of nitrogens with one attached hydrogen (secondary N) is 2. The first-order valence-corrected chi connectivity index (χ1v) is 11.8. The Morgan fingerprint density at radius 2 is 2.16 bits per heavy atom. The third-order valence-electron chi connectivity index (χ3n) is 5.42. The number of nitrogens with zero attached hydrogens (tertiary/aromatic N) is 2. The molecule has 0 bridgehead atoms. The van der Waals surface area contributed by atoms with Crippen molar-refractivity contribution in [2.24, 2.45) is 5.92 Å².